The number of piperidine rings is 1. The Labute approximate surface area is 170 Å². The number of carbonyl (C=O) groups excluding carboxylic acids is 1. The number of amides is 1. The van der Waals surface area contributed by atoms with Gasteiger partial charge in [-0.2, -0.15) is 0 Å². The quantitative estimate of drug-likeness (QED) is 0.834. The van der Waals surface area contributed by atoms with E-state index >= 15 is 0 Å². The molecule has 0 spiro atoms. The molecule has 148 valence electrons. The molecule has 4 rings (SSSR count). The SMILES string of the molecule is O=C(NC[C@@H]1COc2ccccc2O1)C1CCN(Cc2ccccc2Cl)CC1. The molecule has 1 fully saturated rings. The van der Waals surface area contributed by atoms with Gasteiger partial charge in [0.15, 0.2) is 11.5 Å². The van der Waals surface area contributed by atoms with Crippen molar-refractivity contribution >= 4 is 17.5 Å². The highest BCUT2D eigenvalue weighted by Crippen LogP contribution is 2.30. The van der Waals surface area contributed by atoms with Gasteiger partial charge in [0.1, 0.15) is 12.7 Å². The average molecular weight is 401 g/mol. The molecule has 2 aliphatic rings. The lowest BCUT2D eigenvalue weighted by Gasteiger charge is -2.32. The Morgan fingerprint density at radius 2 is 1.79 bits per heavy atom. The van der Waals surface area contributed by atoms with E-state index in [0.29, 0.717) is 13.2 Å². The number of halogens is 1. The monoisotopic (exact) mass is 400 g/mol. The molecule has 0 saturated carbocycles. The fourth-order valence-electron chi connectivity index (χ4n) is 3.74. The summed E-state index contributed by atoms with van der Waals surface area (Å²) in [5.41, 5.74) is 1.14. The van der Waals surface area contributed by atoms with Crippen molar-refractivity contribution in [2.75, 3.05) is 26.2 Å². The minimum atomic E-state index is -0.154. The summed E-state index contributed by atoms with van der Waals surface area (Å²) in [6.07, 6.45) is 1.57. The lowest BCUT2D eigenvalue weighted by atomic mass is 9.95. The first-order valence-corrected chi connectivity index (χ1v) is 10.2. The van der Waals surface area contributed by atoms with Gasteiger partial charge < -0.3 is 14.8 Å². The number of benzene rings is 2. The molecular formula is C22H25ClN2O3. The second-order valence-corrected chi connectivity index (χ2v) is 7.79. The number of nitrogens with zero attached hydrogens (tertiary/aromatic N) is 1. The Kier molecular flexibility index (Phi) is 6.03. The first-order chi connectivity index (χ1) is 13.7. The third kappa shape index (κ3) is 4.59. The molecule has 6 heteroatoms. The highest BCUT2D eigenvalue weighted by molar-refractivity contribution is 6.31. The van der Waals surface area contributed by atoms with Crippen molar-refractivity contribution in [3.8, 4) is 11.5 Å². The largest absolute Gasteiger partial charge is 0.486 e. The van der Waals surface area contributed by atoms with E-state index in [1.165, 1.54) is 0 Å². The van der Waals surface area contributed by atoms with Crippen LogP contribution in [0.15, 0.2) is 48.5 Å². The molecule has 5 nitrogen and oxygen atoms in total. The zero-order valence-corrected chi connectivity index (χ0v) is 16.5. The van der Waals surface area contributed by atoms with E-state index in [0.717, 1.165) is 54.6 Å². The van der Waals surface area contributed by atoms with Gasteiger partial charge in [0.25, 0.3) is 0 Å². The minimum absolute atomic E-state index is 0.0549. The van der Waals surface area contributed by atoms with E-state index in [4.69, 9.17) is 21.1 Å². The predicted molar refractivity (Wildman–Crippen MR) is 109 cm³/mol. The third-order valence-electron chi connectivity index (χ3n) is 5.38. The van der Waals surface area contributed by atoms with Crippen molar-refractivity contribution in [2.24, 2.45) is 5.92 Å². The first-order valence-electron chi connectivity index (χ1n) is 9.81. The fourth-order valence-corrected chi connectivity index (χ4v) is 3.94. The number of ether oxygens (including phenoxy) is 2. The van der Waals surface area contributed by atoms with Gasteiger partial charge in [-0.25, -0.2) is 0 Å². The van der Waals surface area contributed by atoms with Crippen LogP contribution < -0.4 is 14.8 Å². The van der Waals surface area contributed by atoms with Gasteiger partial charge in [-0.05, 0) is 49.7 Å². The number of nitrogens with one attached hydrogen (secondary N) is 1. The van der Waals surface area contributed by atoms with E-state index < -0.39 is 0 Å². The van der Waals surface area contributed by atoms with Crippen LogP contribution in [0.25, 0.3) is 0 Å². The number of rotatable bonds is 5. The Morgan fingerprint density at radius 1 is 1.07 bits per heavy atom. The summed E-state index contributed by atoms with van der Waals surface area (Å²) in [6.45, 7) is 3.56. The smallest absolute Gasteiger partial charge is 0.223 e. The molecule has 0 unspecified atom stereocenters. The number of likely N-dealkylation sites (tertiary alicyclic amines) is 1. The van der Waals surface area contributed by atoms with Crippen LogP contribution in [0.3, 0.4) is 0 Å². The number of carbonyl (C=O) groups is 1. The van der Waals surface area contributed by atoms with Crippen molar-refractivity contribution in [1.29, 1.82) is 0 Å². The summed E-state index contributed by atoms with van der Waals surface area (Å²) in [6, 6.07) is 15.6. The summed E-state index contributed by atoms with van der Waals surface area (Å²) in [5.74, 6) is 1.66. The maximum Gasteiger partial charge on any atom is 0.223 e. The summed E-state index contributed by atoms with van der Waals surface area (Å²) >= 11 is 6.26. The standard InChI is InChI=1S/C22H25ClN2O3/c23-19-6-2-1-5-17(19)14-25-11-9-16(10-12-25)22(26)24-13-18-15-27-20-7-3-4-8-21(20)28-18/h1-8,16,18H,9-15H2,(H,24,26)/t18-/m1/s1. The zero-order chi connectivity index (χ0) is 19.3. The zero-order valence-electron chi connectivity index (χ0n) is 15.8. The molecule has 2 aliphatic heterocycles. The van der Waals surface area contributed by atoms with Crippen LogP contribution in [0.1, 0.15) is 18.4 Å². The highest BCUT2D eigenvalue weighted by Gasteiger charge is 2.27. The molecule has 2 aromatic carbocycles. The van der Waals surface area contributed by atoms with E-state index in [2.05, 4.69) is 16.3 Å². The summed E-state index contributed by atoms with van der Waals surface area (Å²) in [5, 5.41) is 3.85. The van der Waals surface area contributed by atoms with Crippen LogP contribution >= 0.6 is 11.6 Å². The number of para-hydroxylation sites is 2. The van der Waals surface area contributed by atoms with Crippen LogP contribution in [-0.4, -0.2) is 43.2 Å². The second-order valence-electron chi connectivity index (χ2n) is 7.38. The summed E-state index contributed by atoms with van der Waals surface area (Å²) < 4.78 is 11.6. The maximum absolute atomic E-state index is 12.6. The highest BCUT2D eigenvalue weighted by atomic mass is 35.5. The predicted octanol–water partition coefficient (Wildman–Crippen LogP) is 3.51. The Balaban J connectivity index is 1.21. The van der Waals surface area contributed by atoms with Crippen molar-refractivity contribution < 1.29 is 14.3 Å². The molecule has 1 N–H and O–H groups in total. The minimum Gasteiger partial charge on any atom is -0.486 e. The third-order valence-corrected chi connectivity index (χ3v) is 5.75. The average Bonchev–Trinajstić information content (AvgIpc) is 2.74. The molecule has 2 aromatic rings. The lowest BCUT2D eigenvalue weighted by molar-refractivity contribution is -0.127. The molecule has 0 aliphatic carbocycles. The van der Waals surface area contributed by atoms with Gasteiger partial charge in [-0.15, -0.1) is 0 Å². The van der Waals surface area contributed by atoms with Crippen LogP contribution in [0.4, 0.5) is 0 Å². The van der Waals surface area contributed by atoms with Crippen molar-refractivity contribution in [1.82, 2.24) is 10.2 Å². The molecule has 1 atom stereocenters. The normalized spacial score (nSPS) is 20.0. The topological polar surface area (TPSA) is 50.8 Å². The van der Waals surface area contributed by atoms with Crippen molar-refractivity contribution in [3.05, 3.63) is 59.1 Å². The number of hydrogen-bond donors (Lipinski definition) is 1. The molecule has 0 aromatic heterocycles. The van der Waals surface area contributed by atoms with E-state index in [1.54, 1.807) is 0 Å². The van der Waals surface area contributed by atoms with Crippen LogP contribution in [-0.2, 0) is 11.3 Å². The van der Waals surface area contributed by atoms with Crippen LogP contribution in [0, 0.1) is 5.92 Å². The number of hydrogen-bond acceptors (Lipinski definition) is 4. The lowest BCUT2D eigenvalue weighted by Crippen LogP contribution is -2.45. The van der Waals surface area contributed by atoms with Crippen molar-refractivity contribution in [2.45, 2.75) is 25.5 Å². The molecule has 0 bridgehead atoms. The van der Waals surface area contributed by atoms with Gasteiger partial charge in [0, 0.05) is 17.5 Å². The Morgan fingerprint density at radius 3 is 2.57 bits per heavy atom. The van der Waals surface area contributed by atoms with Gasteiger partial charge in [0.05, 0.1) is 6.54 Å². The van der Waals surface area contributed by atoms with Gasteiger partial charge in [0.2, 0.25) is 5.91 Å². The second kappa shape index (κ2) is 8.84. The first kappa shape index (κ1) is 19.1. The molecule has 2 heterocycles. The van der Waals surface area contributed by atoms with Gasteiger partial charge in [-0.1, -0.05) is 41.9 Å². The molecule has 0 radical (unpaired) electrons. The summed E-state index contributed by atoms with van der Waals surface area (Å²) in [4.78, 5) is 14.9. The summed E-state index contributed by atoms with van der Waals surface area (Å²) in [7, 11) is 0. The number of fused-ring (bicyclic) bond motifs is 1. The van der Waals surface area contributed by atoms with Gasteiger partial charge >= 0.3 is 0 Å². The molecule has 1 amide bonds. The molecule has 28 heavy (non-hydrogen) atoms. The molecular weight excluding hydrogens is 376 g/mol. The van der Waals surface area contributed by atoms with E-state index in [1.807, 2.05) is 42.5 Å². The maximum atomic E-state index is 12.6. The Bertz CT molecular complexity index is 821. The van der Waals surface area contributed by atoms with E-state index in [-0.39, 0.29) is 17.9 Å². The van der Waals surface area contributed by atoms with Crippen LogP contribution in [0.2, 0.25) is 5.02 Å². The fraction of sp³-hybridized carbons (Fsp3) is 0.409. The van der Waals surface area contributed by atoms with Crippen molar-refractivity contribution in [3.63, 3.8) is 0 Å². The Hall–Kier alpha value is -2.24. The van der Waals surface area contributed by atoms with E-state index in [9.17, 15) is 4.79 Å². The molecule has 1 saturated heterocycles. The van der Waals surface area contributed by atoms with Gasteiger partial charge in [-0.3, -0.25) is 9.69 Å². The van der Waals surface area contributed by atoms with Crippen LogP contribution in [0.5, 0.6) is 11.5 Å².